The molecule has 240 valence electrons. The van der Waals surface area contributed by atoms with E-state index in [0.717, 1.165) is 10.5 Å². The van der Waals surface area contributed by atoms with Crippen LogP contribution in [0.5, 0.6) is 17.2 Å². The van der Waals surface area contributed by atoms with Gasteiger partial charge < -0.3 is 14.2 Å². The van der Waals surface area contributed by atoms with E-state index in [0.29, 0.717) is 48.6 Å². The number of urea groups is 1. The van der Waals surface area contributed by atoms with Crippen molar-refractivity contribution < 1.29 is 33.5 Å². The number of hydrogen-bond acceptors (Lipinski definition) is 8. The molecule has 14 heteroatoms. The lowest BCUT2D eigenvalue weighted by atomic mass is 10.1. The highest BCUT2D eigenvalue weighted by atomic mass is 127. The fourth-order valence-electron chi connectivity index (χ4n) is 4.49. The topological polar surface area (TPSA) is 137 Å². The number of rotatable bonds is 11. The molecule has 4 aromatic carbocycles. The summed E-state index contributed by atoms with van der Waals surface area (Å²) in [4.78, 5) is 50.4. The second-order valence-electron chi connectivity index (χ2n) is 9.95. The van der Waals surface area contributed by atoms with Crippen LogP contribution in [-0.4, -0.2) is 29.4 Å². The first-order valence-corrected chi connectivity index (χ1v) is 15.8. The maximum Gasteiger partial charge on any atom is 0.335 e. The minimum atomic E-state index is -0.890. The van der Waals surface area contributed by atoms with E-state index in [9.17, 15) is 24.5 Å². The molecule has 4 aromatic rings. The van der Waals surface area contributed by atoms with Crippen LogP contribution in [0.2, 0.25) is 10.0 Å². The zero-order valence-corrected chi connectivity index (χ0v) is 28.2. The Kier molecular flexibility index (Phi) is 10.6. The van der Waals surface area contributed by atoms with Crippen molar-refractivity contribution in [2.24, 2.45) is 0 Å². The van der Waals surface area contributed by atoms with E-state index in [4.69, 9.17) is 37.4 Å². The molecular weight excluding hydrogens is 764 g/mol. The smallest absolute Gasteiger partial charge is 0.335 e. The van der Waals surface area contributed by atoms with Gasteiger partial charge in [-0.25, -0.2) is 9.69 Å². The first-order valence-electron chi connectivity index (χ1n) is 13.9. The van der Waals surface area contributed by atoms with Crippen LogP contribution in [0.4, 0.5) is 16.2 Å². The predicted molar refractivity (Wildman–Crippen MR) is 184 cm³/mol. The van der Waals surface area contributed by atoms with Gasteiger partial charge in [0.25, 0.3) is 17.5 Å². The molecule has 0 bridgehead atoms. The average Bonchev–Trinajstić information content (AvgIpc) is 3.03. The highest BCUT2D eigenvalue weighted by molar-refractivity contribution is 14.1. The van der Waals surface area contributed by atoms with Gasteiger partial charge in [0.05, 0.1) is 20.8 Å². The number of non-ortho nitro benzene ring substituents is 1. The molecule has 0 aliphatic carbocycles. The second kappa shape index (κ2) is 14.8. The van der Waals surface area contributed by atoms with Crippen molar-refractivity contribution in [1.29, 1.82) is 0 Å². The van der Waals surface area contributed by atoms with Crippen molar-refractivity contribution in [2.45, 2.75) is 20.1 Å². The third kappa shape index (κ3) is 8.02. The summed E-state index contributed by atoms with van der Waals surface area (Å²) in [5, 5.41) is 14.1. The molecule has 11 nitrogen and oxygen atoms in total. The molecule has 1 heterocycles. The van der Waals surface area contributed by atoms with Gasteiger partial charge in [-0.3, -0.25) is 25.0 Å². The molecule has 5 rings (SSSR count). The number of ether oxygens (including phenoxy) is 3. The molecule has 4 amide bonds. The predicted octanol–water partition coefficient (Wildman–Crippen LogP) is 7.73. The SMILES string of the molecule is CCOc1cc(/C=C2\C(=O)NC(=O)N(c3ccc(OCc4ccc(Cl)cc4Cl)cc3)C2=O)cc(I)c1OCc1ccc([N+](=O)[O-])cc1. The van der Waals surface area contributed by atoms with Gasteiger partial charge in [0.15, 0.2) is 11.5 Å². The lowest BCUT2D eigenvalue weighted by Gasteiger charge is -2.26. The van der Waals surface area contributed by atoms with Crippen LogP contribution in [0.15, 0.2) is 84.4 Å². The molecule has 0 atom stereocenters. The Morgan fingerprint density at radius 2 is 1.64 bits per heavy atom. The number of halogens is 3. The van der Waals surface area contributed by atoms with E-state index >= 15 is 0 Å². The number of carbonyl (C=O) groups is 3. The monoisotopic (exact) mass is 787 g/mol. The van der Waals surface area contributed by atoms with Crippen LogP contribution >= 0.6 is 45.8 Å². The van der Waals surface area contributed by atoms with Crippen LogP contribution < -0.4 is 24.4 Å². The number of nitrogens with zero attached hydrogens (tertiary/aromatic N) is 2. The first-order chi connectivity index (χ1) is 22.5. The molecule has 1 saturated heterocycles. The standard InChI is InChI=1S/C33H24Cl2IN3O8/c1-2-45-29-15-20(14-28(36)30(29)47-17-19-3-7-24(8-4-19)39(43)44)13-26-31(40)37-33(42)38(32(26)41)23-9-11-25(12-10-23)46-18-21-5-6-22(34)16-27(21)35/h3-16H,2,17-18H2,1H3,(H,37,40,42)/b26-13+. The van der Waals surface area contributed by atoms with Gasteiger partial charge in [0.1, 0.15) is 24.5 Å². The average molecular weight is 788 g/mol. The zero-order valence-electron chi connectivity index (χ0n) is 24.5. The van der Waals surface area contributed by atoms with Crippen molar-refractivity contribution in [3.05, 3.63) is 125 Å². The lowest BCUT2D eigenvalue weighted by Crippen LogP contribution is -2.54. The lowest BCUT2D eigenvalue weighted by molar-refractivity contribution is -0.384. The van der Waals surface area contributed by atoms with Crippen LogP contribution in [0.3, 0.4) is 0 Å². The van der Waals surface area contributed by atoms with E-state index in [2.05, 4.69) is 5.32 Å². The largest absolute Gasteiger partial charge is 0.490 e. The van der Waals surface area contributed by atoms with Gasteiger partial charge in [-0.2, -0.15) is 0 Å². The molecule has 1 aliphatic rings. The summed E-state index contributed by atoms with van der Waals surface area (Å²) in [5.41, 5.74) is 1.82. The zero-order chi connectivity index (χ0) is 33.7. The maximum absolute atomic E-state index is 13.5. The second-order valence-corrected chi connectivity index (χ2v) is 12.0. The minimum absolute atomic E-state index is 0.0284. The third-order valence-corrected chi connectivity index (χ3v) is 8.17. The van der Waals surface area contributed by atoms with Crippen molar-refractivity contribution in [3.63, 3.8) is 0 Å². The van der Waals surface area contributed by atoms with Crippen molar-refractivity contribution in [1.82, 2.24) is 5.32 Å². The Balaban J connectivity index is 1.34. The molecule has 47 heavy (non-hydrogen) atoms. The van der Waals surface area contributed by atoms with Gasteiger partial charge in [-0.1, -0.05) is 29.3 Å². The number of nitro benzene ring substituents is 1. The molecule has 0 aromatic heterocycles. The third-order valence-electron chi connectivity index (χ3n) is 6.78. The summed E-state index contributed by atoms with van der Waals surface area (Å²) in [6.45, 7) is 2.38. The molecule has 1 fully saturated rings. The van der Waals surface area contributed by atoms with Gasteiger partial charge >= 0.3 is 6.03 Å². The van der Waals surface area contributed by atoms with Crippen LogP contribution in [0.1, 0.15) is 23.6 Å². The molecular formula is C33H24Cl2IN3O8. The fraction of sp³-hybridized carbons (Fsp3) is 0.121. The molecule has 1 N–H and O–H groups in total. The van der Waals surface area contributed by atoms with E-state index in [-0.39, 0.29) is 30.2 Å². The van der Waals surface area contributed by atoms with Gasteiger partial charge in [-0.05, 0) is 107 Å². The highest BCUT2D eigenvalue weighted by Gasteiger charge is 2.37. The molecule has 0 saturated carbocycles. The number of hydrogen-bond donors (Lipinski definition) is 1. The number of imide groups is 2. The fourth-order valence-corrected chi connectivity index (χ4v) is 5.74. The summed E-state index contributed by atoms with van der Waals surface area (Å²) in [5.74, 6) is -0.412. The van der Waals surface area contributed by atoms with Crippen molar-refractivity contribution in [3.8, 4) is 17.2 Å². The van der Waals surface area contributed by atoms with Crippen LogP contribution in [0.25, 0.3) is 6.08 Å². The number of carbonyl (C=O) groups excluding carboxylic acids is 3. The van der Waals surface area contributed by atoms with Crippen LogP contribution in [-0.2, 0) is 22.8 Å². The number of nitro groups is 1. The quantitative estimate of drug-likeness (QED) is 0.0536. The van der Waals surface area contributed by atoms with Crippen LogP contribution in [0, 0.1) is 13.7 Å². The first kappa shape index (κ1) is 33.7. The Hall–Kier alpha value is -4.66. The summed E-state index contributed by atoms with van der Waals surface area (Å²) in [6, 6.07) is 19.7. The van der Waals surface area contributed by atoms with Crippen molar-refractivity contribution >= 4 is 81.1 Å². The Labute approximate surface area is 292 Å². The summed E-state index contributed by atoms with van der Waals surface area (Å²) < 4.78 is 18.2. The van der Waals surface area contributed by atoms with E-state index < -0.39 is 22.8 Å². The molecule has 1 aliphatic heterocycles. The number of barbiturate groups is 1. The molecule has 0 spiro atoms. The normalized spacial score (nSPS) is 13.8. The van der Waals surface area contributed by atoms with Gasteiger partial charge in [0.2, 0.25) is 0 Å². The number of nitrogens with one attached hydrogen (secondary N) is 1. The summed E-state index contributed by atoms with van der Waals surface area (Å²) >= 11 is 14.2. The Morgan fingerprint density at radius 1 is 0.915 bits per heavy atom. The van der Waals surface area contributed by atoms with Gasteiger partial charge in [0, 0.05) is 27.7 Å². The number of amides is 4. The van der Waals surface area contributed by atoms with Gasteiger partial charge in [-0.15, -0.1) is 0 Å². The number of anilines is 1. The Morgan fingerprint density at radius 3 is 2.30 bits per heavy atom. The van der Waals surface area contributed by atoms with E-state index in [1.165, 1.54) is 30.3 Å². The maximum atomic E-state index is 13.5. The molecule has 0 radical (unpaired) electrons. The van der Waals surface area contributed by atoms with Crippen molar-refractivity contribution in [2.75, 3.05) is 11.5 Å². The van der Waals surface area contributed by atoms with E-state index in [1.54, 1.807) is 61.5 Å². The van der Waals surface area contributed by atoms with E-state index in [1.807, 2.05) is 22.6 Å². The summed E-state index contributed by atoms with van der Waals surface area (Å²) in [6.07, 6.45) is 1.37. The molecule has 0 unspecified atom stereocenters. The summed E-state index contributed by atoms with van der Waals surface area (Å²) in [7, 11) is 0. The minimum Gasteiger partial charge on any atom is -0.490 e. The number of benzene rings is 4. The highest BCUT2D eigenvalue weighted by Crippen LogP contribution is 2.36. The Bertz CT molecular complexity index is 1900.